The Morgan fingerprint density at radius 3 is 2.33 bits per heavy atom. The third kappa shape index (κ3) is 2.24. The minimum atomic E-state index is -0.0645. The van der Waals surface area contributed by atoms with Gasteiger partial charge in [0.1, 0.15) is 5.02 Å². The van der Waals surface area contributed by atoms with E-state index in [1.165, 1.54) is 0 Å². The number of hydrogen-bond acceptors (Lipinski definition) is 2. The topological polar surface area (TPSA) is 46.0 Å². The van der Waals surface area contributed by atoms with Crippen molar-refractivity contribution in [3.63, 3.8) is 0 Å². The molecule has 0 saturated heterocycles. The van der Waals surface area contributed by atoms with Crippen LogP contribution in [0.3, 0.4) is 0 Å². The van der Waals surface area contributed by atoms with Crippen molar-refractivity contribution in [1.29, 1.82) is 0 Å². The number of aromatic amines is 1. The van der Waals surface area contributed by atoms with E-state index in [4.69, 9.17) is 23.2 Å². The van der Waals surface area contributed by atoms with Gasteiger partial charge in [0.05, 0.1) is 5.69 Å². The molecule has 0 radical (unpaired) electrons. The van der Waals surface area contributed by atoms with Gasteiger partial charge in [-0.15, -0.1) is 16.7 Å². The van der Waals surface area contributed by atoms with E-state index in [0.29, 0.717) is 16.5 Å². The highest BCUT2D eigenvalue weighted by Gasteiger charge is 2.25. The van der Waals surface area contributed by atoms with Crippen LogP contribution in [0.1, 0.15) is 52.1 Å². The molecule has 2 unspecified atom stereocenters. The number of hydrogen-bond donors (Lipinski definition) is 1. The summed E-state index contributed by atoms with van der Waals surface area (Å²) in [6, 6.07) is 0. The minimum absolute atomic E-state index is 0.0158. The van der Waals surface area contributed by atoms with Crippen molar-refractivity contribution in [2.45, 2.75) is 51.3 Å². The largest absolute Gasteiger partial charge is 0.278 e. The number of nitrogens with zero attached hydrogens (tertiary/aromatic N) is 3. The van der Waals surface area contributed by atoms with Crippen LogP contribution in [0, 0.1) is 0 Å². The van der Waals surface area contributed by atoms with Gasteiger partial charge in [-0.3, -0.25) is 5.10 Å². The summed E-state index contributed by atoms with van der Waals surface area (Å²) in [5.74, 6) is 0.806. The number of rotatable bonds is 2. The lowest BCUT2D eigenvalue weighted by Crippen LogP contribution is -2.13. The fourth-order valence-corrected chi connectivity index (χ4v) is 2.27. The van der Waals surface area contributed by atoms with Gasteiger partial charge >= 0.3 is 0 Å². The second-order valence-corrected chi connectivity index (χ2v) is 6.79. The average molecular weight is 289 g/mol. The van der Waals surface area contributed by atoms with Crippen LogP contribution in [0.15, 0.2) is 0 Å². The van der Waals surface area contributed by atoms with Crippen molar-refractivity contribution in [3.05, 3.63) is 16.5 Å². The number of fused-ring (bicyclic) bond motifs is 1. The van der Waals surface area contributed by atoms with E-state index in [0.717, 1.165) is 5.69 Å². The van der Waals surface area contributed by atoms with Gasteiger partial charge in [0.15, 0.2) is 11.5 Å². The molecule has 2 heterocycles. The second kappa shape index (κ2) is 4.42. The smallest absolute Gasteiger partial charge is 0.194 e. The Bertz CT molecular complexity index is 562. The van der Waals surface area contributed by atoms with E-state index in [2.05, 4.69) is 36.0 Å². The number of halogens is 2. The van der Waals surface area contributed by atoms with E-state index in [-0.39, 0.29) is 16.7 Å². The van der Waals surface area contributed by atoms with Gasteiger partial charge in [0, 0.05) is 16.7 Å². The lowest BCUT2D eigenvalue weighted by Gasteiger charge is -2.16. The standard InChI is InChI=1S/C12H18Cl2N4/c1-6(7(2)13)10-15-11-8(14)9(12(3,4)5)16-18(11)17-10/h6-7,16H,1-5H3. The molecule has 0 bridgehead atoms. The maximum absolute atomic E-state index is 6.35. The SMILES string of the molecule is CC(Cl)C(C)c1nc2c(Cl)c(C(C)(C)C)[nH]n2n1. The molecule has 0 aromatic carbocycles. The predicted octanol–water partition coefficient (Wildman–Crippen LogP) is 3.74. The molecule has 0 fully saturated rings. The zero-order chi connectivity index (χ0) is 13.7. The molecule has 2 atom stereocenters. The third-order valence-electron chi connectivity index (χ3n) is 3.10. The molecule has 0 spiro atoms. The molecule has 0 aliphatic rings. The van der Waals surface area contributed by atoms with Gasteiger partial charge in [0.25, 0.3) is 0 Å². The van der Waals surface area contributed by atoms with Crippen molar-refractivity contribution >= 4 is 28.8 Å². The Hall–Kier alpha value is -0.740. The molecule has 2 aromatic heterocycles. The molecule has 18 heavy (non-hydrogen) atoms. The Morgan fingerprint density at radius 2 is 1.89 bits per heavy atom. The first-order valence-corrected chi connectivity index (χ1v) is 6.82. The van der Waals surface area contributed by atoms with E-state index >= 15 is 0 Å². The summed E-state index contributed by atoms with van der Waals surface area (Å²) in [6.45, 7) is 10.2. The fourth-order valence-electron chi connectivity index (χ4n) is 1.71. The van der Waals surface area contributed by atoms with Crippen LogP contribution in [-0.2, 0) is 5.41 Å². The number of nitrogens with one attached hydrogen (secondary N) is 1. The minimum Gasteiger partial charge on any atom is -0.278 e. The Kier molecular flexibility index (Phi) is 3.36. The molecule has 100 valence electrons. The lowest BCUT2D eigenvalue weighted by molar-refractivity contribution is 0.554. The van der Waals surface area contributed by atoms with E-state index in [1.807, 2.05) is 13.8 Å². The lowest BCUT2D eigenvalue weighted by atomic mass is 9.92. The molecule has 2 rings (SSSR count). The van der Waals surface area contributed by atoms with E-state index in [9.17, 15) is 0 Å². The van der Waals surface area contributed by atoms with Crippen molar-refractivity contribution in [1.82, 2.24) is 19.8 Å². The highest BCUT2D eigenvalue weighted by atomic mass is 35.5. The molecule has 4 nitrogen and oxygen atoms in total. The van der Waals surface area contributed by atoms with Crippen molar-refractivity contribution in [3.8, 4) is 0 Å². The van der Waals surface area contributed by atoms with Crippen molar-refractivity contribution in [2.24, 2.45) is 0 Å². The fraction of sp³-hybridized carbons (Fsp3) is 0.667. The zero-order valence-corrected chi connectivity index (χ0v) is 12.8. The highest BCUT2D eigenvalue weighted by Crippen LogP contribution is 2.31. The van der Waals surface area contributed by atoms with Crippen LogP contribution in [0.4, 0.5) is 0 Å². The summed E-state index contributed by atoms with van der Waals surface area (Å²) < 4.78 is 1.63. The van der Waals surface area contributed by atoms with Crippen LogP contribution < -0.4 is 0 Å². The van der Waals surface area contributed by atoms with Crippen LogP contribution in [0.25, 0.3) is 5.65 Å². The first kappa shape index (κ1) is 13.7. The Morgan fingerprint density at radius 1 is 1.28 bits per heavy atom. The van der Waals surface area contributed by atoms with E-state index in [1.54, 1.807) is 4.63 Å². The molecule has 0 amide bonds. The monoisotopic (exact) mass is 288 g/mol. The van der Waals surface area contributed by atoms with Gasteiger partial charge in [-0.05, 0) is 6.92 Å². The van der Waals surface area contributed by atoms with Gasteiger partial charge in [0.2, 0.25) is 0 Å². The average Bonchev–Trinajstić information content (AvgIpc) is 2.76. The first-order chi connectivity index (χ1) is 8.21. The molecular weight excluding hydrogens is 271 g/mol. The summed E-state index contributed by atoms with van der Waals surface area (Å²) >= 11 is 12.4. The number of H-pyrrole nitrogens is 1. The third-order valence-corrected chi connectivity index (χ3v) is 3.84. The molecular formula is C12H18Cl2N4. The Balaban J connectivity index is 2.50. The predicted molar refractivity (Wildman–Crippen MR) is 74.8 cm³/mol. The molecule has 1 N–H and O–H groups in total. The maximum atomic E-state index is 6.35. The van der Waals surface area contributed by atoms with Crippen LogP contribution in [0.5, 0.6) is 0 Å². The summed E-state index contributed by atoms with van der Waals surface area (Å²) in [7, 11) is 0. The number of aromatic nitrogens is 4. The molecule has 2 aromatic rings. The van der Waals surface area contributed by atoms with Gasteiger partial charge in [-0.25, -0.2) is 4.98 Å². The van der Waals surface area contributed by atoms with Crippen LogP contribution in [0.2, 0.25) is 5.02 Å². The Labute approximate surface area is 117 Å². The van der Waals surface area contributed by atoms with Crippen LogP contribution in [-0.4, -0.2) is 25.2 Å². The molecule has 0 aliphatic heterocycles. The first-order valence-electron chi connectivity index (χ1n) is 6.00. The van der Waals surface area contributed by atoms with Crippen molar-refractivity contribution < 1.29 is 0 Å². The quantitative estimate of drug-likeness (QED) is 0.856. The summed E-state index contributed by atoms with van der Waals surface area (Å²) in [6.07, 6.45) is 0. The van der Waals surface area contributed by atoms with E-state index < -0.39 is 0 Å². The normalized spacial score (nSPS) is 16.2. The van der Waals surface area contributed by atoms with Gasteiger partial charge in [-0.1, -0.05) is 39.3 Å². The highest BCUT2D eigenvalue weighted by molar-refractivity contribution is 6.34. The maximum Gasteiger partial charge on any atom is 0.194 e. The van der Waals surface area contributed by atoms with Crippen LogP contribution >= 0.6 is 23.2 Å². The summed E-state index contributed by atoms with van der Waals surface area (Å²) in [5, 5.41) is 8.22. The van der Waals surface area contributed by atoms with Gasteiger partial charge in [-0.2, -0.15) is 4.63 Å². The molecule has 0 saturated carbocycles. The van der Waals surface area contributed by atoms with Crippen molar-refractivity contribution in [2.75, 3.05) is 0 Å². The number of alkyl halides is 1. The zero-order valence-electron chi connectivity index (χ0n) is 11.3. The second-order valence-electron chi connectivity index (χ2n) is 5.72. The summed E-state index contributed by atoms with van der Waals surface area (Å²) in [4.78, 5) is 4.47. The molecule has 6 heteroatoms. The summed E-state index contributed by atoms with van der Waals surface area (Å²) in [5.41, 5.74) is 1.54. The van der Waals surface area contributed by atoms with Gasteiger partial charge < -0.3 is 0 Å². The molecule has 0 aliphatic carbocycles.